The molecular weight excluding hydrogens is 213 g/mol. The van der Waals surface area contributed by atoms with Gasteiger partial charge in [0.05, 0.1) is 5.69 Å². The average Bonchev–Trinajstić information content (AvgIpc) is 2.24. The van der Waals surface area contributed by atoms with Gasteiger partial charge in [-0.3, -0.25) is 0 Å². The SMILES string of the molecule is CC1CC(C)(C)CCC1Nc1ccccc1F. The van der Waals surface area contributed by atoms with Crippen molar-refractivity contribution in [1.29, 1.82) is 0 Å². The van der Waals surface area contributed by atoms with Crippen molar-refractivity contribution in [3.63, 3.8) is 0 Å². The molecule has 0 amide bonds. The molecule has 0 radical (unpaired) electrons. The topological polar surface area (TPSA) is 12.0 Å². The zero-order chi connectivity index (χ0) is 12.5. The molecule has 0 aromatic heterocycles. The molecule has 1 aliphatic carbocycles. The highest BCUT2D eigenvalue weighted by Crippen LogP contribution is 2.39. The van der Waals surface area contributed by atoms with Crippen molar-refractivity contribution >= 4 is 5.69 Å². The second-order valence-electron chi connectivity index (χ2n) is 6.11. The molecular formula is C15H22FN. The molecule has 2 atom stereocenters. The van der Waals surface area contributed by atoms with Gasteiger partial charge in [-0.2, -0.15) is 0 Å². The van der Waals surface area contributed by atoms with Crippen molar-refractivity contribution in [2.45, 2.75) is 46.1 Å². The second kappa shape index (κ2) is 4.67. The van der Waals surface area contributed by atoms with E-state index in [1.807, 2.05) is 12.1 Å². The molecule has 2 rings (SSSR count). The lowest BCUT2D eigenvalue weighted by Gasteiger charge is -2.40. The molecule has 0 saturated heterocycles. The van der Waals surface area contributed by atoms with Crippen molar-refractivity contribution in [1.82, 2.24) is 0 Å². The molecule has 1 aromatic rings. The lowest BCUT2D eigenvalue weighted by atomic mass is 9.70. The Labute approximate surface area is 103 Å². The van der Waals surface area contributed by atoms with E-state index in [1.165, 1.54) is 18.9 Å². The molecule has 1 fully saturated rings. The van der Waals surface area contributed by atoms with E-state index in [-0.39, 0.29) is 5.82 Å². The van der Waals surface area contributed by atoms with Crippen LogP contribution in [0.25, 0.3) is 0 Å². The third-order valence-corrected chi connectivity index (χ3v) is 3.91. The predicted molar refractivity (Wildman–Crippen MR) is 70.6 cm³/mol. The summed E-state index contributed by atoms with van der Waals surface area (Å²) >= 11 is 0. The van der Waals surface area contributed by atoms with Crippen molar-refractivity contribution < 1.29 is 4.39 Å². The molecule has 1 saturated carbocycles. The van der Waals surface area contributed by atoms with E-state index in [0.29, 0.717) is 23.1 Å². The fourth-order valence-electron chi connectivity index (χ4n) is 2.94. The number of hydrogen-bond acceptors (Lipinski definition) is 1. The van der Waals surface area contributed by atoms with Gasteiger partial charge in [0.15, 0.2) is 0 Å². The fourth-order valence-corrected chi connectivity index (χ4v) is 2.94. The third kappa shape index (κ3) is 2.99. The van der Waals surface area contributed by atoms with Gasteiger partial charge in [0.1, 0.15) is 5.82 Å². The Hall–Kier alpha value is -1.05. The van der Waals surface area contributed by atoms with Crippen molar-refractivity contribution in [2.24, 2.45) is 11.3 Å². The summed E-state index contributed by atoms with van der Waals surface area (Å²) in [5, 5.41) is 3.36. The van der Waals surface area contributed by atoms with Gasteiger partial charge in [-0.05, 0) is 42.7 Å². The van der Waals surface area contributed by atoms with E-state index in [0.717, 1.165) is 6.42 Å². The summed E-state index contributed by atoms with van der Waals surface area (Å²) in [7, 11) is 0. The van der Waals surface area contributed by atoms with E-state index >= 15 is 0 Å². The summed E-state index contributed by atoms with van der Waals surface area (Å²) in [4.78, 5) is 0. The van der Waals surface area contributed by atoms with E-state index in [9.17, 15) is 4.39 Å². The maximum absolute atomic E-state index is 13.6. The van der Waals surface area contributed by atoms with Crippen LogP contribution >= 0.6 is 0 Å². The van der Waals surface area contributed by atoms with Crippen LogP contribution in [0, 0.1) is 17.2 Å². The minimum Gasteiger partial charge on any atom is -0.380 e. The second-order valence-corrected chi connectivity index (χ2v) is 6.11. The Morgan fingerprint density at radius 2 is 2.00 bits per heavy atom. The molecule has 0 bridgehead atoms. The molecule has 0 spiro atoms. The summed E-state index contributed by atoms with van der Waals surface area (Å²) in [6, 6.07) is 7.35. The maximum atomic E-state index is 13.6. The first-order valence-corrected chi connectivity index (χ1v) is 6.49. The predicted octanol–water partition coefficient (Wildman–Crippen LogP) is 4.45. The van der Waals surface area contributed by atoms with Crippen LogP contribution in [-0.4, -0.2) is 6.04 Å². The van der Waals surface area contributed by atoms with Crippen LogP contribution in [0.1, 0.15) is 40.0 Å². The van der Waals surface area contributed by atoms with Crippen LogP contribution < -0.4 is 5.32 Å². The zero-order valence-electron chi connectivity index (χ0n) is 11.0. The van der Waals surface area contributed by atoms with E-state index in [1.54, 1.807) is 6.07 Å². The Morgan fingerprint density at radius 1 is 1.29 bits per heavy atom. The standard InChI is InChI=1S/C15H22FN/c1-11-10-15(2,3)9-8-13(11)17-14-7-5-4-6-12(14)16/h4-7,11,13,17H,8-10H2,1-3H3. The summed E-state index contributed by atoms with van der Waals surface area (Å²) in [6.45, 7) is 6.91. The Morgan fingerprint density at radius 3 is 2.65 bits per heavy atom. The minimum absolute atomic E-state index is 0.149. The number of hydrogen-bond donors (Lipinski definition) is 1. The van der Waals surface area contributed by atoms with Crippen LogP contribution in [0.15, 0.2) is 24.3 Å². The van der Waals surface area contributed by atoms with Gasteiger partial charge in [-0.25, -0.2) is 4.39 Å². The molecule has 17 heavy (non-hydrogen) atoms. The van der Waals surface area contributed by atoms with Gasteiger partial charge in [-0.15, -0.1) is 0 Å². The summed E-state index contributed by atoms with van der Waals surface area (Å²) < 4.78 is 13.6. The smallest absolute Gasteiger partial charge is 0.146 e. The van der Waals surface area contributed by atoms with Gasteiger partial charge in [-0.1, -0.05) is 32.9 Å². The summed E-state index contributed by atoms with van der Waals surface area (Å²) in [5.41, 5.74) is 1.08. The zero-order valence-corrected chi connectivity index (χ0v) is 11.0. The van der Waals surface area contributed by atoms with Crippen molar-refractivity contribution in [2.75, 3.05) is 5.32 Å². The highest BCUT2D eigenvalue weighted by molar-refractivity contribution is 5.45. The van der Waals surface area contributed by atoms with Crippen LogP contribution in [0.2, 0.25) is 0 Å². The third-order valence-electron chi connectivity index (χ3n) is 3.91. The highest BCUT2D eigenvalue weighted by Gasteiger charge is 2.32. The van der Waals surface area contributed by atoms with Crippen molar-refractivity contribution in [3.8, 4) is 0 Å². The van der Waals surface area contributed by atoms with Gasteiger partial charge in [0.2, 0.25) is 0 Å². The van der Waals surface area contributed by atoms with Gasteiger partial charge < -0.3 is 5.32 Å². The summed E-state index contributed by atoms with van der Waals surface area (Å²) in [6.07, 6.45) is 3.55. The number of anilines is 1. The van der Waals surface area contributed by atoms with Crippen LogP contribution in [-0.2, 0) is 0 Å². The normalized spacial score (nSPS) is 27.8. The monoisotopic (exact) mass is 235 g/mol. The summed E-state index contributed by atoms with van der Waals surface area (Å²) in [5.74, 6) is 0.447. The van der Waals surface area contributed by atoms with Crippen LogP contribution in [0.3, 0.4) is 0 Å². The van der Waals surface area contributed by atoms with Gasteiger partial charge >= 0.3 is 0 Å². The lowest BCUT2D eigenvalue weighted by Crippen LogP contribution is -2.37. The number of nitrogens with one attached hydrogen (secondary N) is 1. The highest BCUT2D eigenvalue weighted by atomic mass is 19.1. The molecule has 0 aliphatic heterocycles. The lowest BCUT2D eigenvalue weighted by molar-refractivity contribution is 0.177. The van der Waals surface area contributed by atoms with E-state index in [4.69, 9.17) is 0 Å². The Balaban J connectivity index is 2.03. The molecule has 2 heteroatoms. The molecule has 2 unspecified atom stereocenters. The number of rotatable bonds is 2. The number of para-hydroxylation sites is 1. The first kappa shape index (κ1) is 12.4. The Bertz CT molecular complexity index is 386. The first-order chi connectivity index (χ1) is 7.98. The van der Waals surface area contributed by atoms with E-state index < -0.39 is 0 Å². The molecule has 0 heterocycles. The molecule has 1 nitrogen and oxygen atoms in total. The number of halogens is 1. The molecule has 1 N–H and O–H groups in total. The van der Waals surface area contributed by atoms with Crippen LogP contribution in [0.5, 0.6) is 0 Å². The average molecular weight is 235 g/mol. The van der Waals surface area contributed by atoms with Crippen LogP contribution in [0.4, 0.5) is 10.1 Å². The van der Waals surface area contributed by atoms with Crippen molar-refractivity contribution in [3.05, 3.63) is 30.1 Å². The number of benzene rings is 1. The van der Waals surface area contributed by atoms with Gasteiger partial charge in [0, 0.05) is 6.04 Å². The molecule has 94 valence electrons. The Kier molecular flexibility index (Phi) is 3.41. The molecule has 1 aromatic carbocycles. The minimum atomic E-state index is -0.149. The fraction of sp³-hybridized carbons (Fsp3) is 0.600. The first-order valence-electron chi connectivity index (χ1n) is 6.49. The van der Waals surface area contributed by atoms with Gasteiger partial charge in [0.25, 0.3) is 0 Å². The quantitative estimate of drug-likeness (QED) is 0.798. The maximum Gasteiger partial charge on any atom is 0.146 e. The molecule has 1 aliphatic rings. The van der Waals surface area contributed by atoms with E-state index in [2.05, 4.69) is 26.1 Å². The largest absolute Gasteiger partial charge is 0.380 e.